The van der Waals surface area contributed by atoms with Crippen LogP contribution in [0.5, 0.6) is 0 Å². The molecule has 3 nitrogen and oxygen atoms in total. The topological polar surface area (TPSA) is 55.1 Å². The van der Waals surface area contributed by atoms with Crippen LogP contribution < -0.4 is 11.1 Å². The van der Waals surface area contributed by atoms with Crippen molar-refractivity contribution in [2.75, 3.05) is 5.73 Å². The summed E-state index contributed by atoms with van der Waals surface area (Å²) in [4.78, 5) is 12.5. The minimum absolute atomic E-state index is 0.211. The minimum atomic E-state index is -0.302. The summed E-state index contributed by atoms with van der Waals surface area (Å²) in [5.74, 6) is 2.25. The molecule has 0 aliphatic carbocycles. The average Bonchev–Trinajstić information content (AvgIpc) is 2.66. The summed E-state index contributed by atoms with van der Waals surface area (Å²) >= 11 is 1.39. The van der Waals surface area contributed by atoms with Gasteiger partial charge in [0, 0.05) is 10.1 Å². The first-order valence-electron chi connectivity index (χ1n) is 5.58. The molecule has 1 unspecified atom stereocenters. The number of aryl methyl sites for hydroxylation is 1. The van der Waals surface area contributed by atoms with E-state index >= 15 is 0 Å². The maximum absolute atomic E-state index is 12.0. The molecule has 0 saturated carbocycles. The third-order valence-electron chi connectivity index (χ3n) is 2.69. The lowest BCUT2D eigenvalue weighted by molar-refractivity contribution is 0.0953. The van der Waals surface area contributed by atoms with Crippen molar-refractivity contribution in [1.29, 1.82) is 0 Å². The van der Waals surface area contributed by atoms with Crippen molar-refractivity contribution >= 4 is 33.0 Å². The monoisotopic (exact) mass is 258 g/mol. The number of hydrogen-bond acceptors (Lipinski definition) is 3. The Morgan fingerprint density at radius 1 is 1.56 bits per heavy atom. The van der Waals surface area contributed by atoms with Gasteiger partial charge >= 0.3 is 0 Å². The highest BCUT2D eigenvalue weighted by Gasteiger charge is 2.17. The number of nitrogens with two attached hydrogens (primary N) is 1. The smallest absolute Gasteiger partial charge is 0.264 e. The summed E-state index contributed by atoms with van der Waals surface area (Å²) in [5, 5.41) is 3.65. The Morgan fingerprint density at radius 2 is 2.28 bits per heavy atom. The van der Waals surface area contributed by atoms with Crippen molar-refractivity contribution < 1.29 is 4.79 Å². The maximum Gasteiger partial charge on any atom is 0.264 e. The number of carbonyl (C=O) groups excluding carboxylic acids is 1. The van der Waals surface area contributed by atoms with Gasteiger partial charge < -0.3 is 11.1 Å². The number of amides is 1. The maximum atomic E-state index is 12.0. The Bertz CT molecular complexity index is 652. The molecular weight excluding hydrogens is 244 g/mol. The summed E-state index contributed by atoms with van der Waals surface area (Å²) in [5.41, 5.74) is 7.67. The van der Waals surface area contributed by atoms with E-state index < -0.39 is 0 Å². The van der Waals surface area contributed by atoms with Gasteiger partial charge in [0.2, 0.25) is 0 Å². The molecule has 0 spiro atoms. The fraction of sp³-hybridized carbons (Fsp3) is 0.214. The van der Waals surface area contributed by atoms with Crippen LogP contribution in [0.15, 0.2) is 18.2 Å². The number of fused-ring (bicyclic) bond motifs is 1. The second-order valence-electron chi connectivity index (χ2n) is 4.21. The number of hydrogen-bond donors (Lipinski definition) is 2. The first-order chi connectivity index (χ1) is 8.52. The highest BCUT2D eigenvalue weighted by molar-refractivity contribution is 7.21. The summed E-state index contributed by atoms with van der Waals surface area (Å²) in [6.45, 7) is 3.75. The summed E-state index contributed by atoms with van der Waals surface area (Å²) < 4.78 is 1.01. The van der Waals surface area contributed by atoms with Gasteiger partial charge in [-0.25, -0.2) is 0 Å². The molecule has 2 rings (SSSR count). The second-order valence-corrected chi connectivity index (χ2v) is 5.26. The van der Waals surface area contributed by atoms with Crippen LogP contribution in [0.25, 0.3) is 10.1 Å². The van der Waals surface area contributed by atoms with Crippen LogP contribution in [0.3, 0.4) is 0 Å². The number of nitrogens with one attached hydrogen (secondary N) is 1. The minimum Gasteiger partial charge on any atom is -0.397 e. The molecule has 1 aromatic carbocycles. The van der Waals surface area contributed by atoms with E-state index in [0.717, 1.165) is 15.6 Å². The molecule has 0 aliphatic rings. The Kier molecular flexibility index (Phi) is 3.26. The molecular formula is C14H14N2OS. The Morgan fingerprint density at radius 3 is 2.94 bits per heavy atom. The van der Waals surface area contributed by atoms with Crippen LogP contribution in [0.4, 0.5) is 5.69 Å². The normalized spacial score (nSPS) is 12.1. The molecule has 0 radical (unpaired) electrons. The first kappa shape index (κ1) is 12.5. The average molecular weight is 258 g/mol. The van der Waals surface area contributed by atoms with Gasteiger partial charge in [-0.05, 0) is 26.0 Å². The highest BCUT2D eigenvalue weighted by Crippen LogP contribution is 2.34. The van der Waals surface area contributed by atoms with Gasteiger partial charge in [0.05, 0.1) is 11.7 Å². The lowest BCUT2D eigenvalue weighted by Gasteiger charge is -2.06. The van der Waals surface area contributed by atoms with Gasteiger partial charge in [0.1, 0.15) is 4.88 Å². The summed E-state index contributed by atoms with van der Waals surface area (Å²) in [6.07, 6.45) is 5.24. The molecule has 18 heavy (non-hydrogen) atoms. The van der Waals surface area contributed by atoms with Crippen LogP contribution >= 0.6 is 11.3 Å². The van der Waals surface area contributed by atoms with Crippen LogP contribution in [0.1, 0.15) is 22.2 Å². The van der Waals surface area contributed by atoms with Crippen LogP contribution in [0.2, 0.25) is 0 Å². The molecule has 2 aromatic rings. The molecule has 4 heteroatoms. The number of carbonyl (C=O) groups is 1. The van der Waals surface area contributed by atoms with E-state index in [0.29, 0.717) is 10.6 Å². The third-order valence-corrected chi connectivity index (χ3v) is 3.87. The van der Waals surface area contributed by atoms with Gasteiger partial charge in [-0.15, -0.1) is 17.8 Å². The van der Waals surface area contributed by atoms with E-state index in [1.165, 1.54) is 11.3 Å². The van der Waals surface area contributed by atoms with Crippen LogP contribution in [0, 0.1) is 19.3 Å². The second kappa shape index (κ2) is 4.71. The molecule has 1 aromatic heterocycles. The van der Waals surface area contributed by atoms with E-state index in [4.69, 9.17) is 12.2 Å². The Balaban J connectivity index is 2.43. The zero-order valence-corrected chi connectivity index (χ0v) is 11.1. The molecule has 1 atom stereocenters. The molecule has 0 fully saturated rings. The standard InChI is InChI=1S/C14H14N2OS/c1-4-9(3)16-14(17)13-12(15)10-7-8(2)5-6-11(10)18-13/h1,5-7,9H,15H2,2-3H3,(H,16,17). The fourth-order valence-corrected chi connectivity index (χ4v) is 2.71. The molecule has 3 N–H and O–H groups in total. The van der Waals surface area contributed by atoms with E-state index in [9.17, 15) is 4.79 Å². The largest absolute Gasteiger partial charge is 0.397 e. The third kappa shape index (κ3) is 2.18. The van der Waals surface area contributed by atoms with Crippen molar-refractivity contribution in [3.63, 3.8) is 0 Å². The fourth-order valence-electron chi connectivity index (χ4n) is 1.70. The van der Waals surface area contributed by atoms with E-state index in [1.54, 1.807) is 6.92 Å². The number of thiophene rings is 1. The SMILES string of the molecule is C#CC(C)NC(=O)c1sc2ccc(C)cc2c1N. The van der Waals surface area contributed by atoms with Crippen molar-refractivity contribution in [1.82, 2.24) is 5.32 Å². The molecule has 92 valence electrons. The number of rotatable bonds is 2. The molecule has 1 amide bonds. The highest BCUT2D eigenvalue weighted by atomic mass is 32.1. The van der Waals surface area contributed by atoms with Crippen LogP contribution in [-0.4, -0.2) is 11.9 Å². The van der Waals surface area contributed by atoms with Gasteiger partial charge in [0.15, 0.2) is 0 Å². The van der Waals surface area contributed by atoms with E-state index in [2.05, 4.69) is 11.2 Å². The Labute approximate surface area is 110 Å². The molecule has 1 heterocycles. The first-order valence-corrected chi connectivity index (χ1v) is 6.40. The number of terminal acetylenes is 1. The van der Waals surface area contributed by atoms with Crippen molar-refractivity contribution in [3.8, 4) is 12.3 Å². The zero-order chi connectivity index (χ0) is 13.3. The Hall–Kier alpha value is -1.99. The van der Waals surface area contributed by atoms with Gasteiger partial charge in [-0.2, -0.15) is 0 Å². The van der Waals surface area contributed by atoms with Crippen molar-refractivity contribution in [2.24, 2.45) is 0 Å². The van der Waals surface area contributed by atoms with Gasteiger partial charge in [0.25, 0.3) is 5.91 Å². The number of nitrogen functional groups attached to an aromatic ring is 1. The van der Waals surface area contributed by atoms with Crippen molar-refractivity contribution in [3.05, 3.63) is 28.6 Å². The van der Waals surface area contributed by atoms with Gasteiger partial charge in [-0.3, -0.25) is 4.79 Å². The molecule has 0 bridgehead atoms. The quantitative estimate of drug-likeness (QED) is 0.813. The predicted octanol–water partition coefficient (Wildman–Crippen LogP) is 2.54. The van der Waals surface area contributed by atoms with Crippen molar-refractivity contribution in [2.45, 2.75) is 19.9 Å². The molecule has 0 saturated heterocycles. The van der Waals surface area contributed by atoms with E-state index in [1.807, 2.05) is 25.1 Å². The number of anilines is 1. The lowest BCUT2D eigenvalue weighted by atomic mass is 10.1. The molecule has 0 aliphatic heterocycles. The van der Waals surface area contributed by atoms with Crippen LogP contribution in [-0.2, 0) is 0 Å². The summed E-state index contributed by atoms with van der Waals surface area (Å²) in [7, 11) is 0. The number of benzene rings is 1. The van der Waals surface area contributed by atoms with E-state index in [-0.39, 0.29) is 11.9 Å². The summed E-state index contributed by atoms with van der Waals surface area (Å²) in [6, 6.07) is 5.67. The zero-order valence-electron chi connectivity index (χ0n) is 10.3. The lowest BCUT2D eigenvalue weighted by Crippen LogP contribution is -2.31. The van der Waals surface area contributed by atoms with Gasteiger partial charge in [-0.1, -0.05) is 17.6 Å². The predicted molar refractivity (Wildman–Crippen MR) is 76.7 cm³/mol.